The van der Waals surface area contributed by atoms with Gasteiger partial charge in [0.15, 0.2) is 15.2 Å². The second kappa shape index (κ2) is 9.53. The SMILES string of the molecule is Cc1ccc(S(=O)(=O)NC(COCc2ccccc2)S(=O)(=O)c2ccccc2)cc1. The van der Waals surface area contributed by atoms with Gasteiger partial charge >= 0.3 is 0 Å². The Morgan fingerprint density at radius 1 is 0.767 bits per heavy atom. The third kappa shape index (κ3) is 5.54. The van der Waals surface area contributed by atoms with Crippen LogP contribution in [0.4, 0.5) is 0 Å². The molecule has 0 aliphatic rings. The van der Waals surface area contributed by atoms with Crippen molar-refractivity contribution in [2.75, 3.05) is 6.61 Å². The van der Waals surface area contributed by atoms with E-state index in [-0.39, 0.29) is 23.0 Å². The van der Waals surface area contributed by atoms with Crippen LogP contribution in [0.3, 0.4) is 0 Å². The van der Waals surface area contributed by atoms with Gasteiger partial charge in [0, 0.05) is 0 Å². The third-order valence-corrected chi connectivity index (χ3v) is 8.01. The lowest BCUT2D eigenvalue weighted by molar-refractivity contribution is 0.118. The van der Waals surface area contributed by atoms with Gasteiger partial charge in [-0.25, -0.2) is 16.8 Å². The Morgan fingerprint density at radius 2 is 1.33 bits per heavy atom. The fraction of sp³-hybridized carbons (Fsp3) is 0.182. The molecule has 0 saturated carbocycles. The number of sulfone groups is 1. The number of ether oxygens (including phenoxy) is 1. The summed E-state index contributed by atoms with van der Waals surface area (Å²) in [5.74, 6) is 0. The average Bonchev–Trinajstić information content (AvgIpc) is 2.74. The van der Waals surface area contributed by atoms with Crippen LogP contribution in [-0.4, -0.2) is 28.8 Å². The van der Waals surface area contributed by atoms with Gasteiger partial charge < -0.3 is 4.74 Å². The minimum Gasteiger partial charge on any atom is -0.374 e. The Balaban J connectivity index is 1.85. The van der Waals surface area contributed by atoms with Crippen molar-refractivity contribution in [1.29, 1.82) is 0 Å². The van der Waals surface area contributed by atoms with Crippen LogP contribution < -0.4 is 4.72 Å². The molecule has 0 spiro atoms. The van der Waals surface area contributed by atoms with Crippen molar-refractivity contribution in [3.8, 4) is 0 Å². The van der Waals surface area contributed by atoms with Crippen LogP contribution in [-0.2, 0) is 31.2 Å². The van der Waals surface area contributed by atoms with Crippen LogP contribution in [0, 0.1) is 6.92 Å². The molecule has 1 unspecified atom stereocenters. The van der Waals surface area contributed by atoms with Crippen LogP contribution in [0.25, 0.3) is 0 Å². The molecular formula is C22H23NO5S2. The van der Waals surface area contributed by atoms with E-state index in [1.54, 1.807) is 30.3 Å². The van der Waals surface area contributed by atoms with E-state index in [0.717, 1.165) is 11.1 Å². The maximum Gasteiger partial charge on any atom is 0.241 e. The first kappa shape index (κ1) is 22.2. The van der Waals surface area contributed by atoms with Crippen LogP contribution in [0.2, 0.25) is 0 Å². The van der Waals surface area contributed by atoms with Crippen LogP contribution >= 0.6 is 0 Å². The van der Waals surface area contributed by atoms with E-state index in [2.05, 4.69) is 4.72 Å². The molecule has 0 fully saturated rings. The Kier molecular flexibility index (Phi) is 7.04. The van der Waals surface area contributed by atoms with Crippen molar-refractivity contribution in [3.05, 3.63) is 96.1 Å². The Bertz CT molecular complexity index is 1160. The maximum absolute atomic E-state index is 13.1. The topological polar surface area (TPSA) is 89.5 Å². The average molecular weight is 446 g/mol. The van der Waals surface area contributed by atoms with Crippen molar-refractivity contribution in [2.24, 2.45) is 0 Å². The number of hydrogen-bond acceptors (Lipinski definition) is 5. The van der Waals surface area contributed by atoms with Gasteiger partial charge in [0.1, 0.15) is 0 Å². The van der Waals surface area contributed by atoms with E-state index in [1.165, 1.54) is 24.3 Å². The Hall–Kier alpha value is -2.52. The van der Waals surface area contributed by atoms with E-state index < -0.39 is 25.2 Å². The van der Waals surface area contributed by atoms with Crippen molar-refractivity contribution in [3.63, 3.8) is 0 Å². The fourth-order valence-electron chi connectivity index (χ4n) is 2.78. The largest absolute Gasteiger partial charge is 0.374 e. The number of aryl methyl sites for hydroxylation is 1. The molecule has 0 radical (unpaired) electrons. The highest BCUT2D eigenvalue weighted by molar-refractivity contribution is 7.94. The molecule has 0 amide bonds. The minimum atomic E-state index is -4.07. The van der Waals surface area contributed by atoms with E-state index >= 15 is 0 Å². The molecule has 8 heteroatoms. The normalized spacial score (nSPS) is 13.1. The molecule has 1 N–H and O–H groups in total. The standard InChI is InChI=1S/C22H23NO5S2/c1-18-12-14-21(15-13-18)30(26,27)23-22(17-28-16-19-8-4-2-5-9-19)29(24,25)20-10-6-3-7-11-20/h2-15,22-23H,16-17H2,1H3. The molecule has 0 aliphatic heterocycles. The van der Waals surface area contributed by atoms with Gasteiger partial charge in [0.05, 0.1) is 23.0 Å². The summed E-state index contributed by atoms with van der Waals surface area (Å²) in [5, 5.41) is -1.48. The molecule has 6 nitrogen and oxygen atoms in total. The second-order valence-corrected chi connectivity index (χ2v) is 10.6. The Labute approximate surface area is 177 Å². The number of hydrogen-bond donors (Lipinski definition) is 1. The Morgan fingerprint density at radius 3 is 1.93 bits per heavy atom. The zero-order valence-corrected chi connectivity index (χ0v) is 18.1. The highest BCUT2D eigenvalue weighted by Crippen LogP contribution is 2.18. The zero-order chi connectivity index (χ0) is 21.6. The molecule has 0 heterocycles. The first-order valence-electron chi connectivity index (χ1n) is 9.29. The molecule has 3 rings (SSSR count). The molecule has 0 saturated heterocycles. The van der Waals surface area contributed by atoms with Crippen molar-refractivity contribution in [2.45, 2.75) is 28.7 Å². The lowest BCUT2D eigenvalue weighted by atomic mass is 10.2. The van der Waals surface area contributed by atoms with Crippen molar-refractivity contribution < 1.29 is 21.6 Å². The number of benzene rings is 3. The first-order chi connectivity index (χ1) is 14.3. The van der Waals surface area contributed by atoms with Gasteiger partial charge in [-0.3, -0.25) is 0 Å². The molecular weight excluding hydrogens is 422 g/mol. The first-order valence-corrected chi connectivity index (χ1v) is 12.3. The summed E-state index contributed by atoms with van der Waals surface area (Å²) in [6, 6.07) is 23.2. The molecule has 30 heavy (non-hydrogen) atoms. The summed E-state index contributed by atoms with van der Waals surface area (Å²) < 4.78 is 59.8. The second-order valence-electron chi connectivity index (χ2n) is 6.78. The zero-order valence-electron chi connectivity index (χ0n) is 16.4. The lowest BCUT2D eigenvalue weighted by Gasteiger charge is -2.20. The maximum atomic E-state index is 13.1. The van der Waals surface area contributed by atoms with Crippen LogP contribution in [0.15, 0.2) is 94.7 Å². The summed E-state index contributed by atoms with van der Waals surface area (Å²) in [6.45, 7) is 1.66. The van der Waals surface area contributed by atoms with E-state index in [0.29, 0.717) is 0 Å². The predicted octanol–water partition coefficient (Wildman–Crippen LogP) is 3.29. The van der Waals surface area contributed by atoms with Gasteiger partial charge in [-0.05, 0) is 36.8 Å². The van der Waals surface area contributed by atoms with Crippen LogP contribution in [0.5, 0.6) is 0 Å². The lowest BCUT2D eigenvalue weighted by Crippen LogP contribution is -2.43. The quantitative estimate of drug-likeness (QED) is 0.546. The van der Waals surface area contributed by atoms with Gasteiger partial charge in [0.25, 0.3) is 0 Å². The number of sulfonamides is 1. The van der Waals surface area contributed by atoms with Gasteiger partial charge in [-0.1, -0.05) is 66.2 Å². The van der Waals surface area contributed by atoms with Gasteiger partial charge in [-0.15, -0.1) is 0 Å². The molecule has 0 aliphatic carbocycles. The molecule has 0 aromatic heterocycles. The smallest absolute Gasteiger partial charge is 0.241 e. The highest BCUT2D eigenvalue weighted by atomic mass is 32.2. The van der Waals surface area contributed by atoms with E-state index in [9.17, 15) is 16.8 Å². The van der Waals surface area contributed by atoms with Gasteiger partial charge in [-0.2, -0.15) is 4.72 Å². The van der Waals surface area contributed by atoms with Crippen molar-refractivity contribution in [1.82, 2.24) is 4.72 Å². The predicted molar refractivity (Wildman–Crippen MR) is 115 cm³/mol. The highest BCUT2D eigenvalue weighted by Gasteiger charge is 2.32. The summed E-state index contributed by atoms with van der Waals surface area (Å²) in [6.07, 6.45) is 0. The van der Waals surface area contributed by atoms with E-state index in [1.807, 2.05) is 37.3 Å². The minimum absolute atomic E-state index is 0.00980. The fourth-order valence-corrected chi connectivity index (χ4v) is 5.85. The van der Waals surface area contributed by atoms with E-state index in [4.69, 9.17) is 4.74 Å². The molecule has 1 atom stereocenters. The van der Waals surface area contributed by atoms with Crippen LogP contribution in [0.1, 0.15) is 11.1 Å². The summed E-state index contributed by atoms with van der Waals surface area (Å²) in [5.41, 5.74) is 1.75. The monoisotopic (exact) mass is 445 g/mol. The number of rotatable bonds is 9. The summed E-state index contributed by atoms with van der Waals surface area (Å²) >= 11 is 0. The molecule has 158 valence electrons. The van der Waals surface area contributed by atoms with Gasteiger partial charge in [0.2, 0.25) is 10.0 Å². The third-order valence-electron chi connectivity index (χ3n) is 4.44. The number of nitrogens with one attached hydrogen (secondary N) is 1. The summed E-state index contributed by atoms with van der Waals surface area (Å²) in [4.78, 5) is 0.00865. The molecule has 3 aromatic rings. The molecule has 0 bridgehead atoms. The summed E-state index contributed by atoms with van der Waals surface area (Å²) in [7, 11) is -8.09. The molecule has 3 aromatic carbocycles. The van der Waals surface area contributed by atoms with Crippen molar-refractivity contribution >= 4 is 19.9 Å².